The number of carboxylic acids is 1. The number of aliphatic carboxylic acids is 1. The highest BCUT2D eigenvalue weighted by atomic mass is 16.4. The lowest BCUT2D eigenvalue weighted by atomic mass is 10.00. The molecule has 0 bridgehead atoms. The van der Waals surface area contributed by atoms with Crippen LogP contribution in [0.3, 0.4) is 0 Å². The van der Waals surface area contributed by atoms with Gasteiger partial charge in [-0.3, -0.25) is 4.79 Å². The highest BCUT2D eigenvalue weighted by molar-refractivity contribution is 5.97. The summed E-state index contributed by atoms with van der Waals surface area (Å²) in [5.74, 6) is -1.40. The normalized spacial score (nSPS) is 24.3. The number of β-amino-alcohol motifs (C(OH)–C–C–N with tert-alkyl or cyclic N) is 1. The zero-order valence-electron chi connectivity index (χ0n) is 11.6. The molecule has 1 aromatic carbocycles. The summed E-state index contributed by atoms with van der Waals surface area (Å²) < 4.78 is 0. The molecule has 3 rings (SSSR count). The smallest absolute Gasteiger partial charge is 0.326 e. The van der Waals surface area contributed by atoms with Crippen molar-refractivity contribution in [2.24, 2.45) is 0 Å². The van der Waals surface area contributed by atoms with Gasteiger partial charge in [0, 0.05) is 30.8 Å². The van der Waals surface area contributed by atoms with Crippen LogP contribution in [0.25, 0.3) is 0 Å². The van der Waals surface area contributed by atoms with Crippen molar-refractivity contribution in [2.75, 3.05) is 18.4 Å². The van der Waals surface area contributed by atoms with E-state index in [4.69, 9.17) is 0 Å². The van der Waals surface area contributed by atoms with Crippen molar-refractivity contribution in [3.05, 3.63) is 29.3 Å². The van der Waals surface area contributed by atoms with Crippen molar-refractivity contribution < 1.29 is 19.8 Å². The van der Waals surface area contributed by atoms with Crippen LogP contribution in [0.5, 0.6) is 0 Å². The molecule has 6 heteroatoms. The van der Waals surface area contributed by atoms with Crippen LogP contribution in [0, 0.1) is 0 Å². The number of hydrogen-bond donors (Lipinski definition) is 3. The second-order valence-corrected chi connectivity index (χ2v) is 5.60. The minimum absolute atomic E-state index is 0.0745. The Morgan fingerprint density at radius 1 is 1.33 bits per heavy atom. The molecule has 0 spiro atoms. The first kappa shape index (κ1) is 13.9. The molecule has 0 aliphatic carbocycles. The number of rotatable bonds is 2. The van der Waals surface area contributed by atoms with E-state index in [1.54, 1.807) is 6.07 Å². The fourth-order valence-electron chi connectivity index (χ4n) is 3.05. The number of aliphatic hydroxyl groups is 1. The van der Waals surface area contributed by atoms with Crippen molar-refractivity contribution in [2.45, 2.75) is 31.4 Å². The van der Waals surface area contributed by atoms with Gasteiger partial charge in [0.1, 0.15) is 6.04 Å². The predicted octanol–water partition coefficient (Wildman–Crippen LogP) is 0.705. The van der Waals surface area contributed by atoms with E-state index in [2.05, 4.69) is 5.32 Å². The van der Waals surface area contributed by atoms with Crippen LogP contribution in [0.2, 0.25) is 0 Å². The zero-order valence-corrected chi connectivity index (χ0v) is 11.6. The van der Waals surface area contributed by atoms with E-state index in [9.17, 15) is 19.8 Å². The fraction of sp³-hybridized carbons (Fsp3) is 0.467. The van der Waals surface area contributed by atoms with Gasteiger partial charge >= 0.3 is 5.97 Å². The second kappa shape index (κ2) is 5.37. The number of carbonyl (C=O) groups excluding carboxylic acids is 1. The first-order chi connectivity index (χ1) is 10.1. The minimum atomic E-state index is -1.07. The number of carboxylic acid groups (broad SMARTS) is 1. The van der Waals surface area contributed by atoms with Crippen LogP contribution in [-0.2, 0) is 11.2 Å². The molecule has 1 saturated heterocycles. The van der Waals surface area contributed by atoms with Crippen LogP contribution < -0.4 is 5.32 Å². The second-order valence-electron chi connectivity index (χ2n) is 5.60. The first-order valence-electron chi connectivity index (χ1n) is 7.15. The van der Waals surface area contributed by atoms with Crippen molar-refractivity contribution in [1.82, 2.24) is 4.90 Å². The molecule has 2 aliphatic rings. The molecule has 1 aromatic rings. The molecule has 6 nitrogen and oxygen atoms in total. The van der Waals surface area contributed by atoms with Crippen molar-refractivity contribution in [3.63, 3.8) is 0 Å². The van der Waals surface area contributed by atoms with Crippen molar-refractivity contribution >= 4 is 17.6 Å². The fourth-order valence-corrected chi connectivity index (χ4v) is 3.05. The van der Waals surface area contributed by atoms with Gasteiger partial charge in [0.05, 0.1) is 6.10 Å². The van der Waals surface area contributed by atoms with Crippen LogP contribution in [0.1, 0.15) is 28.8 Å². The number of likely N-dealkylation sites (tertiary alicyclic amines) is 1. The minimum Gasteiger partial charge on any atom is -0.480 e. The summed E-state index contributed by atoms with van der Waals surface area (Å²) in [6.07, 6.45) is 1.25. The van der Waals surface area contributed by atoms with Crippen LogP contribution >= 0.6 is 0 Å². The maximum absolute atomic E-state index is 12.5. The summed E-state index contributed by atoms with van der Waals surface area (Å²) in [4.78, 5) is 25.0. The van der Waals surface area contributed by atoms with E-state index in [1.807, 2.05) is 12.1 Å². The summed E-state index contributed by atoms with van der Waals surface area (Å²) in [6.45, 7) is 1.00. The Labute approximate surface area is 122 Å². The van der Waals surface area contributed by atoms with Gasteiger partial charge in [-0.2, -0.15) is 0 Å². The van der Waals surface area contributed by atoms with E-state index in [-0.39, 0.29) is 18.9 Å². The number of aryl methyl sites for hydroxylation is 1. The number of benzene rings is 1. The predicted molar refractivity (Wildman–Crippen MR) is 76.3 cm³/mol. The number of anilines is 1. The molecule has 2 unspecified atom stereocenters. The quantitative estimate of drug-likeness (QED) is 0.746. The van der Waals surface area contributed by atoms with E-state index in [0.29, 0.717) is 5.56 Å². The van der Waals surface area contributed by atoms with Gasteiger partial charge < -0.3 is 20.4 Å². The maximum Gasteiger partial charge on any atom is 0.326 e. The SMILES string of the molecule is O=C(O)C1CC(O)CN1C(=O)c1ccc2c(c1)CCCN2. The third kappa shape index (κ3) is 2.58. The molecule has 1 fully saturated rings. The van der Waals surface area contributed by atoms with Gasteiger partial charge in [0.15, 0.2) is 0 Å². The highest BCUT2D eigenvalue weighted by Crippen LogP contribution is 2.26. The Hall–Kier alpha value is -2.08. The van der Waals surface area contributed by atoms with Crippen LogP contribution in [-0.4, -0.2) is 52.2 Å². The standard InChI is InChI=1S/C15H18N2O4/c18-11-7-13(15(20)21)17(8-11)14(19)10-3-4-12-9(6-10)2-1-5-16-12/h3-4,6,11,13,16,18H,1-2,5,7-8H2,(H,20,21). The number of fused-ring (bicyclic) bond motifs is 1. The van der Waals surface area contributed by atoms with Crippen molar-refractivity contribution in [1.29, 1.82) is 0 Å². The number of hydrogen-bond acceptors (Lipinski definition) is 4. The molecule has 0 saturated carbocycles. The average Bonchev–Trinajstić information content (AvgIpc) is 2.88. The van der Waals surface area contributed by atoms with E-state index in [1.165, 1.54) is 4.90 Å². The lowest BCUT2D eigenvalue weighted by Crippen LogP contribution is -2.40. The molecule has 1 amide bonds. The zero-order chi connectivity index (χ0) is 15.0. The molecule has 21 heavy (non-hydrogen) atoms. The number of aliphatic hydroxyl groups excluding tert-OH is 1. The van der Waals surface area contributed by atoms with Gasteiger partial charge in [-0.1, -0.05) is 0 Å². The van der Waals surface area contributed by atoms with E-state index < -0.39 is 18.1 Å². The van der Waals surface area contributed by atoms with Gasteiger partial charge in [0.2, 0.25) is 0 Å². The van der Waals surface area contributed by atoms with E-state index >= 15 is 0 Å². The molecule has 112 valence electrons. The molecule has 2 aliphatic heterocycles. The average molecular weight is 290 g/mol. The molecule has 2 atom stereocenters. The monoisotopic (exact) mass is 290 g/mol. The Morgan fingerprint density at radius 2 is 2.14 bits per heavy atom. The molecular weight excluding hydrogens is 272 g/mol. The van der Waals surface area contributed by atoms with Crippen LogP contribution in [0.4, 0.5) is 5.69 Å². The first-order valence-corrected chi connectivity index (χ1v) is 7.15. The van der Waals surface area contributed by atoms with Gasteiger partial charge in [-0.15, -0.1) is 0 Å². The van der Waals surface area contributed by atoms with Crippen molar-refractivity contribution in [3.8, 4) is 0 Å². The topological polar surface area (TPSA) is 89.9 Å². The third-order valence-corrected chi connectivity index (χ3v) is 4.12. The summed E-state index contributed by atoms with van der Waals surface area (Å²) in [6, 6.07) is 4.46. The maximum atomic E-state index is 12.5. The summed E-state index contributed by atoms with van der Waals surface area (Å²) in [5, 5.41) is 22.1. The molecule has 3 N–H and O–H groups in total. The number of amides is 1. The third-order valence-electron chi connectivity index (χ3n) is 4.12. The number of carbonyl (C=O) groups is 2. The van der Waals surface area contributed by atoms with Gasteiger partial charge in [-0.25, -0.2) is 4.79 Å². The number of nitrogens with one attached hydrogen (secondary N) is 1. The lowest BCUT2D eigenvalue weighted by molar-refractivity contribution is -0.141. The summed E-state index contributed by atoms with van der Waals surface area (Å²) >= 11 is 0. The molecular formula is C15H18N2O4. The Bertz CT molecular complexity index is 587. The largest absolute Gasteiger partial charge is 0.480 e. The summed E-state index contributed by atoms with van der Waals surface area (Å²) in [5.41, 5.74) is 2.60. The van der Waals surface area contributed by atoms with Gasteiger partial charge in [0.25, 0.3) is 5.91 Å². The molecule has 0 aromatic heterocycles. The lowest BCUT2D eigenvalue weighted by Gasteiger charge is -2.23. The Kier molecular flexibility index (Phi) is 3.55. The van der Waals surface area contributed by atoms with Crippen LogP contribution in [0.15, 0.2) is 18.2 Å². The van der Waals surface area contributed by atoms with Gasteiger partial charge in [-0.05, 0) is 36.6 Å². The van der Waals surface area contributed by atoms with E-state index in [0.717, 1.165) is 30.6 Å². The molecule has 2 heterocycles. The summed E-state index contributed by atoms with van der Waals surface area (Å²) in [7, 11) is 0. The number of nitrogens with zero attached hydrogens (tertiary/aromatic N) is 1. The Morgan fingerprint density at radius 3 is 2.90 bits per heavy atom. The highest BCUT2D eigenvalue weighted by Gasteiger charge is 2.39. The Balaban J connectivity index is 1.86. The molecule has 0 radical (unpaired) electrons.